The van der Waals surface area contributed by atoms with Gasteiger partial charge in [-0.2, -0.15) is 0 Å². The van der Waals surface area contributed by atoms with Crippen LogP contribution in [-0.2, 0) is 9.59 Å². The minimum absolute atomic E-state index is 0.0273. The summed E-state index contributed by atoms with van der Waals surface area (Å²) in [5.74, 6) is 0.0210. The molecular weight excluding hydrogens is 170 g/mol. The molecule has 0 aromatic heterocycles. The van der Waals surface area contributed by atoms with E-state index in [2.05, 4.69) is 16.2 Å². The smallest absolute Gasteiger partial charge is 0.244 e. The van der Waals surface area contributed by atoms with Gasteiger partial charge in [0.2, 0.25) is 11.8 Å². The van der Waals surface area contributed by atoms with Crippen LogP contribution in [0.1, 0.15) is 12.8 Å². The number of rotatable bonds is 2. The Morgan fingerprint density at radius 3 is 1.92 bits per heavy atom. The molecule has 1 saturated heterocycles. The van der Waals surface area contributed by atoms with Crippen molar-refractivity contribution in [2.75, 3.05) is 13.1 Å². The third-order valence-corrected chi connectivity index (χ3v) is 2.41. The van der Waals surface area contributed by atoms with Crippen LogP contribution in [0.15, 0.2) is 0 Å². The number of hydrogen-bond acceptors (Lipinski definition) is 3. The van der Waals surface area contributed by atoms with E-state index in [1.165, 1.54) is 0 Å². The first-order valence-corrected chi connectivity index (χ1v) is 4.58. The number of carbonyl (C=O) groups excluding carboxylic acids is 2. The number of carbonyl (C=O) groups is 2. The molecule has 5 heteroatoms. The molecule has 1 saturated carbocycles. The lowest BCUT2D eigenvalue weighted by Gasteiger charge is -2.25. The molecule has 5 nitrogen and oxygen atoms in total. The van der Waals surface area contributed by atoms with E-state index in [1.54, 1.807) is 0 Å². The molecule has 2 fully saturated rings. The maximum atomic E-state index is 11.2. The predicted octanol–water partition coefficient (Wildman–Crippen LogP) is -1.24. The molecule has 0 unspecified atom stereocenters. The fourth-order valence-electron chi connectivity index (χ4n) is 1.15. The molecule has 13 heavy (non-hydrogen) atoms. The Kier molecular flexibility index (Phi) is 2.18. The zero-order chi connectivity index (χ0) is 9.26. The summed E-state index contributed by atoms with van der Waals surface area (Å²) in [6.45, 7) is 1.43. The van der Waals surface area contributed by atoms with Crippen LogP contribution >= 0.6 is 0 Å². The minimum atomic E-state index is -0.0900. The third kappa shape index (κ3) is 1.98. The fourth-order valence-corrected chi connectivity index (χ4v) is 1.15. The average Bonchev–Trinajstić information content (AvgIpc) is 2.78. The fraction of sp³-hybridized carbons (Fsp3) is 0.750. The van der Waals surface area contributed by atoms with Crippen molar-refractivity contribution in [3.05, 3.63) is 0 Å². The predicted molar refractivity (Wildman–Crippen MR) is 45.4 cm³/mol. The first kappa shape index (κ1) is 8.50. The number of hydrogen-bond donors (Lipinski definition) is 3. The summed E-state index contributed by atoms with van der Waals surface area (Å²) < 4.78 is 0. The largest absolute Gasteiger partial charge is 0.315 e. The molecule has 0 aromatic rings. The summed E-state index contributed by atoms with van der Waals surface area (Å²) in [6.07, 6.45) is 1.90. The standard InChI is InChI=1S/C8H13N3O2/c12-7(5-1-2-5)10-11-8(13)6-3-9-4-6/h5-6,9H,1-4H2,(H,10,12)(H,11,13). The van der Waals surface area contributed by atoms with Crippen LogP contribution in [0.25, 0.3) is 0 Å². The van der Waals surface area contributed by atoms with Crippen molar-refractivity contribution in [1.82, 2.24) is 16.2 Å². The molecule has 2 amide bonds. The molecule has 1 aliphatic carbocycles. The highest BCUT2D eigenvalue weighted by Crippen LogP contribution is 2.28. The van der Waals surface area contributed by atoms with Crippen LogP contribution in [0.2, 0.25) is 0 Å². The first-order chi connectivity index (χ1) is 6.27. The van der Waals surface area contributed by atoms with Gasteiger partial charge in [0, 0.05) is 19.0 Å². The van der Waals surface area contributed by atoms with Crippen LogP contribution in [0.5, 0.6) is 0 Å². The van der Waals surface area contributed by atoms with E-state index >= 15 is 0 Å². The summed E-state index contributed by atoms with van der Waals surface area (Å²) in [6, 6.07) is 0. The highest BCUT2D eigenvalue weighted by atomic mass is 16.2. The molecule has 3 N–H and O–H groups in total. The van der Waals surface area contributed by atoms with Crippen LogP contribution in [0.4, 0.5) is 0 Å². The molecule has 72 valence electrons. The SMILES string of the molecule is O=C(NNC(=O)C1CNC1)C1CC1. The van der Waals surface area contributed by atoms with Gasteiger partial charge in [0.05, 0.1) is 5.92 Å². The lowest BCUT2D eigenvalue weighted by Crippen LogP contribution is -2.54. The van der Waals surface area contributed by atoms with Crippen LogP contribution in [-0.4, -0.2) is 24.9 Å². The number of nitrogens with one attached hydrogen (secondary N) is 3. The van der Waals surface area contributed by atoms with Gasteiger partial charge in [-0.15, -0.1) is 0 Å². The number of amides is 2. The van der Waals surface area contributed by atoms with Gasteiger partial charge in [-0.05, 0) is 12.8 Å². The van der Waals surface area contributed by atoms with Gasteiger partial charge in [-0.25, -0.2) is 0 Å². The second kappa shape index (κ2) is 3.33. The van der Waals surface area contributed by atoms with Crippen molar-refractivity contribution in [2.45, 2.75) is 12.8 Å². The molecule has 0 radical (unpaired) electrons. The number of hydrazine groups is 1. The Morgan fingerprint density at radius 1 is 1.00 bits per heavy atom. The molecule has 0 aromatic carbocycles. The topological polar surface area (TPSA) is 70.2 Å². The van der Waals surface area contributed by atoms with Crippen molar-refractivity contribution in [3.63, 3.8) is 0 Å². The molecule has 2 aliphatic rings. The minimum Gasteiger partial charge on any atom is -0.315 e. The highest BCUT2D eigenvalue weighted by molar-refractivity contribution is 5.86. The van der Waals surface area contributed by atoms with Gasteiger partial charge in [0.25, 0.3) is 0 Å². The van der Waals surface area contributed by atoms with E-state index < -0.39 is 0 Å². The quantitative estimate of drug-likeness (QED) is 0.469. The van der Waals surface area contributed by atoms with Crippen molar-refractivity contribution in [1.29, 1.82) is 0 Å². The van der Waals surface area contributed by atoms with E-state index in [4.69, 9.17) is 0 Å². The zero-order valence-corrected chi connectivity index (χ0v) is 7.30. The first-order valence-electron chi connectivity index (χ1n) is 4.58. The molecule has 0 spiro atoms. The van der Waals surface area contributed by atoms with Crippen LogP contribution in [0.3, 0.4) is 0 Å². The van der Waals surface area contributed by atoms with Crippen molar-refractivity contribution >= 4 is 11.8 Å². The van der Waals surface area contributed by atoms with Gasteiger partial charge < -0.3 is 5.32 Å². The van der Waals surface area contributed by atoms with Gasteiger partial charge >= 0.3 is 0 Å². The van der Waals surface area contributed by atoms with Crippen molar-refractivity contribution in [2.24, 2.45) is 11.8 Å². The monoisotopic (exact) mass is 183 g/mol. The van der Waals surface area contributed by atoms with Gasteiger partial charge in [0.1, 0.15) is 0 Å². The highest BCUT2D eigenvalue weighted by Gasteiger charge is 2.31. The molecule has 2 rings (SSSR count). The van der Waals surface area contributed by atoms with Gasteiger partial charge in [-0.3, -0.25) is 20.4 Å². The lowest BCUT2D eigenvalue weighted by molar-refractivity contribution is -0.132. The molecular formula is C8H13N3O2. The Labute approximate surface area is 76.2 Å². The summed E-state index contributed by atoms with van der Waals surface area (Å²) in [7, 11) is 0. The van der Waals surface area contributed by atoms with Crippen molar-refractivity contribution in [3.8, 4) is 0 Å². The summed E-state index contributed by atoms with van der Waals surface area (Å²) in [5.41, 5.74) is 4.85. The van der Waals surface area contributed by atoms with E-state index in [1.807, 2.05) is 0 Å². The summed E-state index contributed by atoms with van der Waals surface area (Å²) in [5, 5.41) is 2.99. The van der Waals surface area contributed by atoms with Crippen molar-refractivity contribution < 1.29 is 9.59 Å². The zero-order valence-electron chi connectivity index (χ0n) is 7.30. The molecule has 0 bridgehead atoms. The Bertz CT molecular complexity index is 234. The van der Waals surface area contributed by atoms with Crippen LogP contribution in [0, 0.1) is 11.8 Å². The van der Waals surface area contributed by atoms with E-state index in [-0.39, 0.29) is 23.7 Å². The summed E-state index contributed by atoms with van der Waals surface area (Å²) in [4.78, 5) is 22.3. The molecule has 1 aliphatic heterocycles. The van der Waals surface area contributed by atoms with E-state index in [0.717, 1.165) is 12.8 Å². The third-order valence-electron chi connectivity index (χ3n) is 2.41. The second-order valence-corrected chi connectivity index (χ2v) is 3.61. The second-order valence-electron chi connectivity index (χ2n) is 3.61. The van der Waals surface area contributed by atoms with E-state index in [0.29, 0.717) is 13.1 Å². The van der Waals surface area contributed by atoms with E-state index in [9.17, 15) is 9.59 Å². The van der Waals surface area contributed by atoms with Crippen LogP contribution < -0.4 is 16.2 Å². The summed E-state index contributed by atoms with van der Waals surface area (Å²) >= 11 is 0. The van der Waals surface area contributed by atoms with Gasteiger partial charge in [0.15, 0.2) is 0 Å². The van der Waals surface area contributed by atoms with Gasteiger partial charge in [-0.1, -0.05) is 0 Å². The maximum Gasteiger partial charge on any atom is 0.244 e. The lowest BCUT2D eigenvalue weighted by atomic mass is 10.0. The Hall–Kier alpha value is -1.10. The Balaban J connectivity index is 1.65. The maximum absolute atomic E-state index is 11.2. The molecule has 1 heterocycles. The Morgan fingerprint density at radius 2 is 1.54 bits per heavy atom. The normalized spacial score (nSPS) is 21.8. The average molecular weight is 183 g/mol. The molecule has 0 atom stereocenters.